The number of rotatable bonds is 5. The zero-order valence-corrected chi connectivity index (χ0v) is 11.2. The van der Waals surface area contributed by atoms with Crippen LogP contribution in [0.3, 0.4) is 0 Å². The molecule has 94 valence electrons. The van der Waals surface area contributed by atoms with Gasteiger partial charge in [-0.1, -0.05) is 23.8 Å². The molecule has 2 nitrogen and oxygen atoms in total. The summed E-state index contributed by atoms with van der Waals surface area (Å²) in [5.41, 5.74) is 10.0. The van der Waals surface area contributed by atoms with E-state index in [1.54, 1.807) is 0 Å². The van der Waals surface area contributed by atoms with E-state index in [4.69, 9.17) is 5.73 Å². The first-order chi connectivity index (χ1) is 8.11. The molecule has 1 saturated carbocycles. The summed E-state index contributed by atoms with van der Waals surface area (Å²) < 4.78 is 0. The maximum Gasteiger partial charge on any atom is 0.0247 e. The van der Waals surface area contributed by atoms with Gasteiger partial charge in [0.2, 0.25) is 0 Å². The number of hydrogen-bond donors (Lipinski definition) is 1. The van der Waals surface area contributed by atoms with E-state index in [1.807, 2.05) is 0 Å². The van der Waals surface area contributed by atoms with Crippen molar-refractivity contribution in [3.05, 3.63) is 34.9 Å². The van der Waals surface area contributed by atoms with Crippen LogP contribution >= 0.6 is 0 Å². The van der Waals surface area contributed by atoms with Crippen molar-refractivity contribution in [2.75, 3.05) is 13.6 Å². The Morgan fingerprint density at radius 3 is 2.59 bits per heavy atom. The van der Waals surface area contributed by atoms with Gasteiger partial charge in [-0.2, -0.15) is 0 Å². The third-order valence-electron chi connectivity index (χ3n) is 3.89. The van der Waals surface area contributed by atoms with Gasteiger partial charge in [0.05, 0.1) is 0 Å². The predicted molar refractivity (Wildman–Crippen MR) is 72.9 cm³/mol. The van der Waals surface area contributed by atoms with Gasteiger partial charge in [-0.15, -0.1) is 0 Å². The summed E-state index contributed by atoms with van der Waals surface area (Å²) in [5, 5.41) is 0. The van der Waals surface area contributed by atoms with Crippen LogP contribution in [0.25, 0.3) is 0 Å². The molecule has 2 N–H and O–H groups in total. The molecule has 0 bridgehead atoms. The summed E-state index contributed by atoms with van der Waals surface area (Å²) in [6, 6.07) is 7.28. The SMILES string of the molecule is Cc1ccc(CN(C)C(CN)C2CC2)c(C)c1. The molecule has 1 fully saturated rings. The van der Waals surface area contributed by atoms with Gasteiger partial charge in [0.25, 0.3) is 0 Å². The molecule has 0 aromatic heterocycles. The molecule has 0 saturated heterocycles. The zero-order valence-electron chi connectivity index (χ0n) is 11.2. The first-order valence-electron chi connectivity index (χ1n) is 6.58. The number of nitrogens with zero attached hydrogens (tertiary/aromatic N) is 1. The van der Waals surface area contributed by atoms with E-state index in [0.29, 0.717) is 6.04 Å². The van der Waals surface area contributed by atoms with Gasteiger partial charge in [0, 0.05) is 19.1 Å². The van der Waals surface area contributed by atoms with Gasteiger partial charge < -0.3 is 5.73 Å². The highest BCUT2D eigenvalue weighted by Gasteiger charge is 2.32. The van der Waals surface area contributed by atoms with Crippen molar-refractivity contribution >= 4 is 0 Å². The summed E-state index contributed by atoms with van der Waals surface area (Å²) in [4.78, 5) is 2.43. The van der Waals surface area contributed by atoms with Gasteiger partial charge in [-0.05, 0) is 50.8 Å². The zero-order chi connectivity index (χ0) is 12.4. The topological polar surface area (TPSA) is 29.3 Å². The number of hydrogen-bond acceptors (Lipinski definition) is 2. The van der Waals surface area contributed by atoms with E-state index in [-0.39, 0.29) is 0 Å². The van der Waals surface area contributed by atoms with Crippen molar-refractivity contribution in [3.63, 3.8) is 0 Å². The van der Waals surface area contributed by atoms with E-state index in [9.17, 15) is 0 Å². The minimum Gasteiger partial charge on any atom is -0.329 e. The monoisotopic (exact) mass is 232 g/mol. The van der Waals surface area contributed by atoms with Crippen molar-refractivity contribution in [3.8, 4) is 0 Å². The second-order valence-corrected chi connectivity index (χ2v) is 5.49. The largest absolute Gasteiger partial charge is 0.329 e. The molecule has 0 heterocycles. The van der Waals surface area contributed by atoms with E-state index in [2.05, 4.69) is 44.0 Å². The highest BCUT2D eigenvalue weighted by molar-refractivity contribution is 5.30. The Hall–Kier alpha value is -0.860. The minimum atomic E-state index is 0.565. The molecule has 2 rings (SSSR count). The smallest absolute Gasteiger partial charge is 0.0247 e. The molecular weight excluding hydrogens is 208 g/mol. The Kier molecular flexibility index (Phi) is 3.85. The third kappa shape index (κ3) is 3.08. The van der Waals surface area contributed by atoms with Crippen LogP contribution < -0.4 is 5.73 Å². The second-order valence-electron chi connectivity index (χ2n) is 5.49. The minimum absolute atomic E-state index is 0.565. The molecule has 0 amide bonds. The molecule has 1 aliphatic carbocycles. The van der Waals surface area contributed by atoms with Crippen LogP contribution in [0.4, 0.5) is 0 Å². The highest BCUT2D eigenvalue weighted by Crippen LogP contribution is 2.35. The van der Waals surface area contributed by atoms with Gasteiger partial charge >= 0.3 is 0 Å². The fourth-order valence-electron chi connectivity index (χ4n) is 2.62. The number of benzene rings is 1. The summed E-state index contributed by atoms with van der Waals surface area (Å²) in [6.07, 6.45) is 2.72. The Morgan fingerprint density at radius 1 is 1.35 bits per heavy atom. The lowest BCUT2D eigenvalue weighted by Crippen LogP contribution is -2.39. The lowest BCUT2D eigenvalue weighted by Gasteiger charge is -2.27. The molecule has 1 unspecified atom stereocenters. The van der Waals surface area contributed by atoms with Crippen LogP contribution in [0.1, 0.15) is 29.5 Å². The molecule has 0 spiro atoms. The standard InChI is InChI=1S/C15H24N2/c1-11-4-5-14(12(2)8-11)10-17(3)15(9-16)13-6-7-13/h4-5,8,13,15H,6-7,9-10,16H2,1-3H3. The fourth-order valence-corrected chi connectivity index (χ4v) is 2.62. The van der Waals surface area contributed by atoms with Crippen molar-refractivity contribution < 1.29 is 0 Å². The molecule has 0 aliphatic heterocycles. The fraction of sp³-hybridized carbons (Fsp3) is 0.600. The van der Waals surface area contributed by atoms with Crippen LogP contribution in [-0.4, -0.2) is 24.5 Å². The normalized spacial score (nSPS) is 17.5. The van der Waals surface area contributed by atoms with Gasteiger partial charge in [-0.3, -0.25) is 4.90 Å². The van der Waals surface area contributed by atoms with Gasteiger partial charge in [0.15, 0.2) is 0 Å². The Labute approximate surface area is 105 Å². The van der Waals surface area contributed by atoms with E-state index in [1.165, 1.54) is 29.5 Å². The lowest BCUT2D eigenvalue weighted by molar-refractivity contribution is 0.215. The molecule has 17 heavy (non-hydrogen) atoms. The number of nitrogens with two attached hydrogens (primary N) is 1. The number of likely N-dealkylation sites (N-methyl/N-ethyl adjacent to an activating group) is 1. The summed E-state index contributed by atoms with van der Waals surface area (Å²) >= 11 is 0. The van der Waals surface area contributed by atoms with Gasteiger partial charge in [-0.25, -0.2) is 0 Å². The van der Waals surface area contributed by atoms with E-state index in [0.717, 1.165) is 19.0 Å². The highest BCUT2D eigenvalue weighted by atomic mass is 15.1. The molecule has 1 aliphatic rings. The van der Waals surface area contributed by atoms with Crippen molar-refractivity contribution in [2.24, 2.45) is 11.7 Å². The van der Waals surface area contributed by atoms with E-state index < -0.39 is 0 Å². The van der Waals surface area contributed by atoms with Crippen LogP contribution in [0.5, 0.6) is 0 Å². The van der Waals surface area contributed by atoms with Crippen molar-refractivity contribution in [1.82, 2.24) is 4.90 Å². The molecular formula is C15H24N2. The van der Waals surface area contributed by atoms with Gasteiger partial charge in [0.1, 0.15) is 0 Å². The second kappa shape index (κ2) is 5.19. The molecule has 1 aromatic rings. The Bertz CT molecular complexity index is 383. The van der Waals surface area contributed by atoms with Crippen LogP contribution in [0, 0.1) is 19.8 Å². The summed E-state index contributed by atoms with van der Waals surface area (Å²) in [5.74, 6) is 0.843. The molecule has 1 atom stereocenters. The lowest BCUT2D eigenvalue weighted by atomic mass is 10.0. The maximum absolute atomic E-state index is 5.89. The molecule has 2 heteroatoms. The quantitative estimate of drug-likeness (QED) is 0.845. The molecule has 0 radical (unpaired) electrons. The first kappa shape index (κ1) is 12.6. The van der Waals surface area contributed by atoms with E-state index >= 15 is 0 Å². The van der Waals surface area contributed by atoms with Crippen molar-refractivity contribution in [1.29, 1.82) is 0 Å². The summed E-state index contributed by atoms with van der Waals surface area (Å²) in [6.45, 7) is 6.15. The Balaban J connectivity index is 2.03. The average Bonchev–Trinajstić information content (AvgIpc) is 3.08. The Morgan fingerprint density at radius 2 is 2.06 bits per heavy atom. The summed E-state index contributed by atoms with van der Waals surface area (Å²) in [7, 11) is 2.20. The predicted octanol–water partition coefficient (Wildman–Crippen LogP) is 2.47. The third-order valence-corrected chi connectivity index (χ3v) is 3.89. The molecule has 1 aromatic carbocycles. The first-order valence-corrected chi connectivity index (χ1v) is 6.58. The van der Waals surface area contributed by atoms with Crippen LogP contribution in [-0.2, 0) is 6.54 Å². The van der Waals surface area contributed by atoms with Crippen LogP contribution in [0.2, 0.25) is 0 Å². The average molecular weight is 232 g/mol. The van der Waals surface area contributed by atoms with Crippen LogP contribution in [0.15, 0.2) is 18.2 Å². The van der Waals surface area contributed by atoms with Crippen molar-refractivity contribution in [2.45, 2.75) is 39.3 Å². The number of aryl methyl sites for hydroxylation is 2. The maximum atomic E-state index is 5.89.